The molecule has 12 nitrogen and oxygen atoms in total. The number of hydrogen-bond donors (Lipinski definition) is 1. The van der Waals surface area contributed by atoms with Gasteiger partial charge in [0.15, 0.2) is 11.5 Å². The van der Waals surface area contributed by atoms with E-state index < -0.39 is 21.8 Å². The number of aromatic nitrogens is 2. The van der Waals surface area contributed by atoms with E-state index >= 15 is 0 Å². The molecule has 0 saturated carbocycles. The Morgan fingerprint density at radius 1 is 1.09 bits per heavy atom. The molecule has 0 aliphatic rings. The molecule has 0 saturated heterocycles. The van der Waals surface area contributed by atoms with Crippen LogP contribution in [-0.2, 0) is 4.79 Å². The van der Waals surface area contributed by atoms with Gasteiger partial charge >= 0.3 is 5.69 Å². The van der Waals surface area contributed by atoms with Crippen molar-refractivity contribution in [2.75, 3.05) is 12.4 Å². The first-order valence-corrected chi connectivity index (χ1v) is 9.73. The topological polar surface area (TPSA) is 152 Å². The monoisotopic (exact) mass is 455 g/mol. The fourth-order valence-corrected chi connectivity index (χ4v) is 3.30. The summed E-state index contributed by atoms with van der Waals surface area (Å²) in [6.07, 6.45) is 0. The lowest BCUT2D eigenvalue weighted by Crippen LogP contribution is -2.25. The van der Waals surface area contributed by atoms with Gasteiger partial charge in [0.25, 0.3) is 5.69 Å². The SMILES string of the molecule is COc1ccccc1Oc1cc(NC(=O)C(C)n2nc(C)c([N+](=O)[O-])c2C)cc([N+](=O)[O-])c1. The minimum absolute atomic E-state index is 0.110. The molecule has 3 aromatic rings. The van der Waals surface area contributed by atoms with Crippen molar-refractivity contribution in [2.24, 2.45) is 0 Å². The highest BCUT2D eigenvalue weighted by Gasteiger charge is 2.27. The van der Waals surface area contributed by atoms with Crippen molar-refractivity contribution < 1.29 is 24.1 Å². The molecule has 1 N–H and O–H groups in total. The van der Waals surface area contributed by atoms with Gasteiger partial charge in [-0.15, -0.1) is 0 Å². The van der Waals surface area contributed by atoms with Crippen molar-refractivity contribution in [3.05, 3.63) is 74.1 Å². The van der Waals surface area contributed by atoms with Crippen LogP contribution in [0.15, 0.2) is 42.5 Å². The van der Waals surface area contributed by atoms with E-state index in [4.69, 9.17) is 9.47 Å². The Bertz CT molecular complexity index is 1240. The molecule has 0 aliphatic heterocycles. The summed E-state index contributed by atoms with van der Waals surface area (Å²) >= 11 is 0. The van der Waals surface area contributed by atoms with Gasteiger partial charge in [0.05, 0.1) is 28.7 Å². The van der Waals surface area contributed by atoms with Crippen LogP contribution in [0.2, 0.25) is 0 Å². The number of anilines is 1. The lowest BCUT2D eigenvalue weighted by Gasteiger charge is -2.15. The molecule has 0 fully saturated rings. The Morgan fingerprint density at radius 2 is 1.76 bits per heavy atom. The minimum atomic E-state index is -0.921. The maximum absolute atomic E-state index is 12.8. The highest BCUT2D eigenvalue weighted by molar-refractivity contribution is 5.94. The van der Waals surface area contributed by atoms with E-state index in [9.17, 15) is 25.0 Å². The molecular weight excluding hydrogens is 434 g/mol. The number of methoxy groups -OCH3 is 1. The number of nitrogens with zero attached hydrogens (tertiary/aromatic N) is 4. The second kappa shape index (κ2) is 9.34. The van der Waals surface area contributed by atoms with Crippen molar-refractivity contribution in [3.63, 3.8) is 0 Å². The van der Waals surface area contributed by atoms with Gasteiger partial charge in [-0.3, -0.25) is 29.7 Å². The highest BCUT2D eigenvalue weighted by atomic mass is 16.6. The van der Waals surface area contributed by atoms with Gasteiger partial charge in [0.1, 0.15) is 23.2 Å². The fourth-order valence-electron chi connectivity index (χ4n) is 3.30. The third-order valence-electron chi connectivity index (χ3n) is 4.88. The van der Waals surface area contributed by atoms with Crippen molar-refractivity contribution >= 4 is 23.0 Å². The maximum atomic E-state index is 12.8. The normalized spacial score (nSPS) is 11.5. The molecule has 33 heavy (non-hydrogen) atoms. The van der Waals surface area contributed by atoms with Crippen molar-refractivity contribution in [1.29, 1.82) is 0 Å². The minimum Gasteiger partial charge on any atom is -0.493 e. The number of carbonyl (C=O) groups is 1. The fraction of sp³-hybridized carbons (Fsp3) is 0.238. The molecule has 172 valence electrons. The van der Waals surface area contributed by atoms with E-state index in [0.29, 0.717) is 11.5 Å². The molecule has 12 heteroatoms. The standard InChI is InChI=1S/C21H21N5O7/c1-12-20(26(30)31)13(2)24(23-12)14(3)21(27)22-15-9-16(25(28)29)11-17(10-15)33-19-8-6-5-7-18(19)32-4/h5-11,14H,1-4H3,(H,22,27). The Kier molecular flexibility index (Phi) is 6.56. The third-order valence-corrected chi connectivity index (χ3v) is 4.88. The maximum Gasteiger partial charge on any atom is 0.312 e. The summed E-state index contributed by atoms with van der Waals surface area (Å²) in [5.74, 6) is 0.299. The summed E-state index contributed by atoms with van der Waals surface area (Å²) in [7, 11) is 1.46. The first-order chi connectivity index (χ1) is 15.6. The van der Waals surface area contributed by atoms with Crippen LogP contribution < -0.4 is 14.8 Å². The molecule has 0 bridgehead atoms. The number of nitro groups is 2. The zero-order valence-electron chi connectivity index (χ0n) is 18.3. The first kappa shape index (κ1) is 23.2. The van der Waals surface area contributed by atoms with Gasteiger partial charge in [-0.1, -0.05) is 12.1 Å². The summed E-state index contributed by atoms with van der Waals surface area (Å²) in [5.41, 5.74) is 0.0472. The van der Waals surface area contributed by atoms with Crippen LogP contribution in [0.4, 0.5) is 17.1 Å². The quantitative estimate of drug-likeness (QED) is 0.389. The molecule has 0 spiro atoms. The van der Waals surface area contributed by atoms with Crippen LogP contribution in [0.1, 0.15) is 24.4 Å². The predicted octanol–water partition coefficient (Wildman–Crippen LogP) is 4.32. The summed E-state index contributed by atoms with van der Waals surface area (Å²) in [6.45, 7) is 4.49. The van der Waals surface area contributed by atoms with E-state index in [1.807, 2.05) is 0 Å². The van der Waals surface area contributed by atoms with Gasteiger partial charge in [0.2, 0.25) is 5.91 Å². The third kappa shape index (κ3) is 4.89. The molecule has 3 rings (SSSR count). The molecule has 0 aliphatic carbocycles. The van der Waals surface area contributed by atoms with Crippen molar-refractivity contribution in [3.8, 4) is 17.2 Å². The zero-order valence-corrected chi connectivity index (χ0v) is 18.3. The molecule has 1 aromatic heterocycles. The van der Waals surface area contributed by atoms with Crippen molar-refractivity contribution in [2.45, 2.75) is 26.8 Å². The van der Waals surface area contributed by atoms with Crippen LogP contribution in [-0.4, -0.2) is 32.6 Å². The number of hydrogen-bond acceptors (Lipinski definition) is 8. The Labute approximate surface area is 188 Å². The Morgan fingerprint density at radius 3 is 2.33 bits per heavy atom. The molecule has 1 amide bonds. The van der Waals surface area contributed by atoms with Gasteiger partial charge in [-0.2, -0.15) is 5.10 Å². The summed E-state index contributed by atoms with van der Waals surface area (Å²) in [4.78, 5) is 34.3. The van der Waals surface area contributed by atoms with E-state index in [1.54, 1.807) is 24.3 Å². The number of carbonyl (C=O) groups excluding carboxylic acids is 1. The van der Waals surface area contributed by atoms with E-state index in [1.165, 1.54) is 50.8 Å². The number of rotatable bonds is 8. The largest absolute Gasteiger partial charge is 0.493 e. The number of amides is 1. The van der Waals surface area contributed by atoms with Gasteiger partial charge in [0, 0.05) is 12.1 Å². The van der Waals surface area contributed by atoms with E-state index in [2.05, 4.69) is 10.4 Å². The molecule has 1 heterocycles. The average molecular weight is 455 g/mol. The number of ether oxygens (including phenoxy) is 2. The van der Waals surface area contributed by atoms with E-state index in [0.717, 1.165) is 0 Å². The van der Waals surface area contributed by atoms with Crippen LogP contribution in [0.5, 0.6) is 17.2 Å². The Hall–Kier alpha value is -4.48. The second-order valence-electron chi connectivity index (χ2n) is 7.11. The lowest BCUT2D eigenvalue weighted by atomic mass is 10.2. The molecular formula is C21H21N5O7. The van der Waals surface area contributed by atoms with E-state index in [-0.39, 0.29) is 34.2 Å². The molecule has 0 radical (unpaired) electrons. The van der Waals surface area contributed by atoms with Crippen molar-refractivity contribution in [1.82, 2.24) is 9.78 Å². The first-order valence-electron chi connectivity index (χ1n) is 9.73. The summed E-state index contributed by atoms with van der Waals surface area (Å²) in [6, 6.07) is 9.67. The number of para-hydroxylation sites is 2. The van der Waals surface area contributed by atoms with Crippen LogP contribution >= 0.6 is 0 Å². The van der Waals surface area contributed by atoms with Gasteiger partial charge < -0.3 is 14.8 Å². The average Bonchev–Trinajstić information content (AvgIpc) is 3.07. The second-order valence-corrected chi connectivity index (χ2v) is 7.11. The molecule has 2 aromatic carbocycles. The summed E-state index contributed by atoms with van der Waals surface area (Å²) < 4.78 is 12.2. The lowest BCUT2D eigenvalue weighted by molar-refractivity contribution is -0.386. The number of aryl methyl sites for hydroxylation is 1. The number of benzene rings is 2. The number of nitrogens with one attached hydrogen (secondary N) is 1. The summed E-state index contributed by atoms with van der Waals surface area (Å²) in [5, 5.41) is 29.3. The highest BCUT2D eigenvalue weighted by Crippen LogP contribution is 2.34. The van der Waals surface area contributed by atoms with Crippen LogP contribution in [0.3, 0.4) is 0 Å². The van der Waals surface area contributed by atoms with Gasteiger partial charge in [-0.25, -0.2) is 0 Å². The smallest absolute Gasteiger partial charge is 0.312 e. The zero-order chi connectivity index (χ0) is 24.3. The number of nitro benzene ring substituents is 1. The number of non-ortho nitro benzene ring substituents is 1. The van der Waals surface area contributed by atoms with Crippen LogP contribution in [0.25, 0.3) is 0 Å². The Balaban J connectivity index is 1.90. The van der Waals surface area contributed by atoms with Gasteiger partial charge in [-0.05, 0) is 32.9 Å². The molecule has 1 unspecified atom stereocenters. The predicted molar refractivity (Wildman–Crippen MR) is 118 cm³/mol. The van der Waals surface area contributed by atoms with Crippen LogP contribution in [0, 0.1) is 34.1 Å². The molecule has 1 atom stereocenters.